The van der Waals surface area contributed by atoms with Crippen LogP contribution in [0.2, 0.25) is 0 Å². The Hall–Kier alpha value is -6.97. The van der Waals surface area contributed by atoms with Gasteiger partial charge in [0, 0.05) is 28.2 Å². The summed E-state index contributed by atoms with van der Waals surface area (Å²) in [6, 6.07) is 68.8. The highest BCUT2D eigenvalue weighted by Crippen LogP contribution is 2.40. The van der Waals surface area contributed by atoms with Crippen LogP contribution < -0.4 is 4.90 Å². The Morgan fingerprint density at radius 3 is 1.65 bits per heavy atom. The number of anilines is 3. The quantitative estimate of drug-likeness (QED) is 0.177. The fourth-order valence-corrected chi connectivity index (χ4v) is 7.43. The van der Waals surface area contributed by atoms with Gasteiger partial charge in [0.2, 0.25) is 5.89 Å². The fraction of sp³-hybridized carbons (Fsp3) is 0. The van der Waals surface area contributed by atoms with E-state index in [0.29, 0.717) is 5.89 Å². The topological polar surface area (TPSA) is 29.3 Å². The van der Waals surface area contributed by atoms with Crippen molar-refractivity contribution in [3.05, 3.63) is 194 Å². The zero-order valence-electron chi connectivity index (χ0n) is 28.3. The highest BCUT2D eigenvalue weighted by Gasteiger charge is 2.17. The lowest BCUT2D eigenvalue weighted by molar-refractivity contribution is 0.621. The van der Waals surface area contributed by atoms with Gasteiger partial charge in [0.25, 0.3) is 0 Å². The molecule has 244 valence electrons. The van der Waals surface area contributed by atoms with Crippen molar-refractivity contribution in [2.75, 3.05) is 4.90 Å². The average molecular weight is 665 g/mol. The lowest BCUT2D eigenvalue weighted by Crippen LogP contribution is -2.09. The summed E-state index contributed by atoms with van der Waals surface area (Å²) < 4.78 is 6.55. The molecule has 10 rings (SSSR count). The lowest BCUT2D eigenvalue weighted by atomic mass is 10.0. The predicted molar refractivity (Wildman–Crippen MR) is 218 cm³/mol. The summed E-state index contributed by atoms with van der Waals surface area (Å²) in [5.41, 5.74) is 10.4. The van der Waals surface area contributed by atoms with E-state index in [1.807, 2.05) is 6.07 Å². The van der Waals surface area contributed by atoms with E-state index in [0.717, 1.165) is 55.6 Å². The van der Waals surface area contributed by atoms with Gasteiger partial charge in [-0.05, 0) is 104 Å². The van der Waals surface area contributed by atoms with E-state index in [4.69, 9.17) is 9.40 Å². The number of rotatable bonds is 6. The summed E-state index contributed by atoms with van der Waals surface area (Å²) in [5, 5.41) is 7.20. The lowest BCUT2D eigenvalue weighted by Gasteiger charge is -2.26. The summed E-state index contributed by atoms with van der Waals surface area (Å²) in [4.78, 5) is 7.27. The third-order valence-corrected chi connectivity index (χ3v) is 10.1. The van der Waals surface area contributed by atoms with Crippen LogP contribution in [-0.4, -0.2) is 4.98 Å². The molecule has 1 aromatic heterocycles. The molecule has 10 aromatic rings. The first-order valence-corrected chi connectivity index (χ1v) is 17.6. The standard InChI is InChI=1S/C49H32N2O/c1-3-12-38-31-40(20-19-33(38)9-1)35-21-26-41(27-22-35)51(43-30-23-34-10-2-4-13-39(34)32-43)42-28-24-37(25-29-42)45-16-8-18-47-48(45)52-49(50-47)46-17-7-14-36-11-5-6-15-44(36)46/h1-32H. The summed E-state index contributed by atoms with van der Waals surface area (Å²) in [6.07, 6.45) is 0. The molecule has 0 amide bonds. The highest BCUT2D eigenvalue weighted by atomic mass is 16.3. The van der Waals surface area contributed by atoms with Crippen molar-refractivity contribution in [3.8, 4) is 33.7 Å². The van der Waals surface area contributed by atoms with Crippen LogP contribution in [0, 0.1) is 0 Å². The number of nitrogens with zero attached hydrogens (tertiary/aromatic N) is 2. The fourth-order valence-electron chi connectivity index (χ4n) is 7.43. The Bertz CT molecular complexity index is 2900. The van der Waals surface area contributed by atoms with Crippen LogP contribution in [0.1, 0.15) is 0 Å². The third kappa shape index (κ3) is 5.28. The normalized spacial score (nSPS) is 11.5. The molecule has 0 bridgehead atoms. The van der Waals surface area contributed by atoms with E-state index in [2.05, 4.69) is 193 Å². The van der Waals surface area contributed by atoms with Crippen LogP contribution in [0.25, 0.3) is 77.1 Å². The first kappa shape index (κ1) is 29.9. The summed E-state index contributed by atoms with van der Waals surface area (Å²) >= 11 is 0. The second kappa shape index (κ2) is 12.4. The van der Waals surface area contributed by atoms with Crippen LogP contribution in [0.4, 0.5) is 17.1 Å². The molecular weight excluding hydrogens is 633 g/mol. The number of hydrogen-bond donors (Lipinski definition) is 0. The number of para-hydroxylation sites is 1. The van der Waals surface area contributed by atoms with Gasteiger partial charge in [0.05, 0.1) is 0 Å². The maximum Gasteiger partial charge on any atom is 0.227 e. The van der Waals surface area contributed by atoms with Crippen molar-refractivity contribution in [1.29, 1.82) is 0 Å². The van der Waals surface area contributed by atoms with Gasteiger partial charge in [-0.1, -0.05) is 140 Å². The number of hydrogen-bond acceptors (Lipinski definition) is 3. The molecule has 0 unspecified atom stereocenters. The second-order valence-corrected chi connectivity index (χ2v) is 13.2. The van der Waals surface area contributed by atoms with Crippen LogP contribution in [0.5, 0.6) is 0 Å². The first-order valence-electron chi connectivity index (χ1n) is 17.6. The number of oxazole rings is 1. The SMILES string of the molecule is c1ccc2cc(-c3ccc(N(c4ccc(-c5cccc6nc(-c7cccc8ccccc78)oc56)cc4)c4ccc5ccccc5c4)cc3)ccc2c1. The maximum atomic E-state index is 6.55. The Labute approximate surface area is 301 Å². The summed E-state index contributed by atoms with van der Waals surface area (Å²) in [7, 11) is 0. The predicted octanol–water partition coefficient (Wildman–Crippen LogP) is 13.8. The molecule has 1 heterocycles. The average Bonchev–Trinajstić information content (AvgIpc) is 3.66. The first-order chi connectivity index (χ1) is 25.7. The van der Waals surface area contributed by atoms with Crippen molar-refractivity contribution in [2.45, 2.75) is 0 Å². The monoisotopic (exact) mass is 664 g/mol. The molecule has 0 saturated heterocycles. The van der Waals surface area contributed by atoms with E-state index in [1.54, 1.807) is 0 Å². The van der Waals surface area contributed by atoms with Crippen LogP contribution in [0.3, 0.4) is 0 Å². The molecule has 9 aromatic carbocycles. The second-order valence-electron chi connectivity index (χ2n) is 13.2. The van der Waals surface area contributed by atoms with E-state index >= 15 is 0 Å². The van der Waals surface area contributed by atoms with Gasteiger partial charge in [0.15, 0.2) is 5.58 Å². The van der Waals surface area contributed by atoms with Gasteiger partial charge < -0.3 is 9.32 Å². The van der Waals surface area contributed by atoms with E-state index in [1.165, 1.54) is 32.7 Å². The van der Waals surface area contributed by atoms with Crippen molar-refractivity contribution in [2.24, 2.45) is 0 Å². The van der Waals surface area contributed by atoms with Gasteiger partial charge in [0.1, 0.15) is 5.52 Å². The van der Waals surface area contributed by atoms with E-state index in [-0.39, 0.29) is 0 Å². The van der Waals surface area contributed by atoms with Crippen LogP contribution >= 0.6 is 0 Å². The maximum absolute atomic E-state index is 6.55. The Kier molecular flexibility index (Phi) is 7.14. The molecule has 0 N–H and O–H groups in total. The zero-order valence-corrected chi connectivity index (χ0v) is 28.3. The molecule has 3 heteroatoms. The summed E-state index contributed by atoms with van der Waals surface area (Å²) in [5.74, 6) is 0.630. The van der Waals surface area contributed by atoms with Crippen molar-refractivity contribution in [1.82, 2.24) is 4.98 Å². The smallest absolute Gasteiger partial charge is 0.227 e. The molecule has 0 aliphatic carbocycles. The Morgan fingerprint density at radius 2 is 0.904 bits per heavy atom. The van der Waals surface area contributed by atoms with Crippen molar-refractivity contribution >= 4 is 60.5 Å². The molecule has 0 atom stereocenters. The van der Waals surface area contributed by atoms with Crippen LogP contribution in [-0.2, 0) is 0 Å². The van der Waals surface area contributed by atoms with Crippen LogP contribution in [0.15, 0.2) is 199 Å². The van der Waals surface area contributed by atoms with E-state index < -0.39 is 0 Å². The van der Waals surface area contributed by atoms with Crippen molar-refractivity contribution < 1.29 is 4.42 Å². The molecule has 0 aliphatic heterocycles. The molecule has 3 nitrogen and oxygen atoms in total. The molecule has 0 saturated carbocycles. The molecular formula is C49H32N2O. The highest BCUT2D eigenvalue weighted by molar-refractivity contribution is 5.98. The van der Waals surface area contributed by atoms with Gasteiger partial charge in [-0.25, -0.2) is 4.98 Å². The number of aromatic nitrogens is 1. The van der Waals surface area contributed by atoms with Gasteiger partial charge in [-0.15, -0.1) is 0 Å². The Balaban J connectivity index is 1.04. The third-order valence-electron chi connectivity index (χ3n) is 10.1. The minimum atomic E-state index is 0.630. The molecule has 0 spiro atoms. The largest absolute Gasteiger partial charge is 0.435 e. The number of fused-ring (bicyclic) bond motifs is 4. The number of benzene rings is 9. The summed E-state index contributed by atoms with van der Waals surface area (Å²) in [6.45, 7) is 0. The Morgan fingerprint density at radius 1 is 0.365 bits per heavy atom. The molecule has 0 aliphatic rings. The minimum absolute atomic E-state index is 0.630. The molecule has 52 heavy (non-hydrogen) atoms. The zero-order chi connectivity index (χ0) is 34.4. The van der Waals surface area contributed by atoms with Crippen molar-refractivity contribution in [3.63, 3.8) is 0 Å². The minimum Gasteiger partial charge on any atom is -0.435 e. The molecule has 0 radical (unpaired) electrons. The van der Waals surface area contributed by atoms with Gasteiger partial charge >= 0.3 is 0 Å². The van der Waals surface area contributed by atoms with Gasteiger partial charge in [-0.3, -0.25) is 0 Å². The van der Waals surface area contributed by atoms with E-state index in [9.17, 15) is 0 Å². The van der Waals surface area contributed by atoms with Gasteiger partial charge in [-0.2, -0.15) is 0 Å². The molecule has 0 fully saturated rings.